The van der Waals surface area contributed by atoms with Crippen molar-refractivity contribution in [3.63, 3.8) is 0 Å². The molecule has 1 fully saturated rings. The van der Waals surface area contributed by atoms with Crippen LogP contribution in [0.25, 0.3) is 0 Å². The zero-order valence-electron chi connectivity index (χ0n) is 16.8. The van der Waals surface area contributed by atoms with Gasteiger partial charge in [0.25, 0.3) is 0 Å². The largest absolute Gasteiger partial charge is 0.288 e. The lowest BCUT2D eigenvalue weighted by Gasteiger charge is -2.33. The lowest BCUT2D eigenvalue weighted by atomic mass is 9.83. The average Bonchev–Trinajstić information content (AvgIpc) is 3.05. The molecule has 27 heavy (non-hydrogen) atoms. The molecule has 2 nitrogen and oxygen atoms in total. The van der Waals surface area contributed by atoms with Gasteiger partial charge in [0.2, 0.25) is 0 Å². The van der Waals surface area contributed by atoms with E-state index in [1.165, 1.54) is 54.5 Å². The molecule has 1 heterocycles. The van der Waals surface area contributed by atoms with Gasteiger partial charge < -0.3 is 0 Å². The fraction of sp³-hybridized carbons (Fsp3) is 0.480. The number of rotatable bonds is 5. The SMILES string of the molecule is CCc1cccc(C2C(C)=NN(CC3CCCCC3)C2c2ccccc2)c1. The maximum absolute atomic E-state index is 5.10. The highest BCUT2D eigenvalue weighted by atomic mass is 15.5. The number of hydrogen-bond acceptors (Lipinski definition) is 2. The summed E-state index contributed by atoms with van der Waals surface area (Å²) in [6.07, 6.45) is 8.00. The maximum atomic E-state index is 5.10. The predicted molar refractivity (Wildman–Crippen MR) is 114 cm³/mol. The van der Waals surface area contributed by atoms with E-state index in [4.69, 9.17) is 5.10 Å². The fourth-order valence-electron chi connectivity index (χ4n) is 4.96. The summed E-state index contributed by atoms with van der Waals surface area (Å²) in [6.45, 7) is 5.56. The van der Waals surface area contributed by atoms with Crippen LogP contribution in [0.5, 0.6) is 0 Å². The Labute approximate surface area is 164 Å². The lowest BCUT2D eigenvalue weighted by Crippen LogP contribution is -2.30. The zero-order valence-corrected chi connectivity index (χ0v) is 16.8. The van der Waals surface area contributed by atoms with E-state index in [2.05, 4.69) is 73.5 Å². The molecule has 1 aliphatic carbocycles. The van der Waals surface area contributed by atoms with Crippen molar-refractivity contribution in [2.75, 3.05) is 6.54 Å². The Balaban J connectivity index is 1.67. The van der Waals surface area contributed by atoms with Crippen molar-refractivity contribution >= 4 is 5.71 Å². The first kappa shape index (κ1) is 18.3. The molecule has 0 spiro atoms. The number of hydrazone groups is 1. The van der Waals surface area contributed by atoms with Crippen LogP contribution in [0.1, 0.15) is 74.6 Å². The molecule has 0 radical (unpaired) electrons. The Kier molecular flexibility index (Phi) is 5.61. The van der Waals surface area contributed by atoms with Crippen LogP contribution in [-0.4, -0.2) is 17.3 Å². The molecular weight excluding hydrogens is 328 g/mol. The molecule has 0 amide bonds. The highest BCUT2D eigenvalue weighted by molar-refractivity contribution is 5.91. The van der Waals surface area contributed by atoms with Crippen LogP contribution in [0.2, 0.25) is 0 Å². The quantitative estimate of drug-likeness (QED) is 0.607. The first-order chi connectivity index (χ1) is 13.3. The van der Waals surface area contributed by atoms with Crippen molar-refractivity contribution in [2.24, 2.45) is 11.0 Å². The number of nitrogens with zero attached hydrogens (tertiary/aromatic N) is 2. The van der Waals surface area contributed by atoms with Gasteiger partial charge in [-0.05, 0) is 48.8 Å². The second-order valence-corrected chi connectivity index (χ2v) is 8.30. The highest BCUT2D eigenvalue weighted by Crippen LogP contribution is 2.43. The van der Waals surface area contributed by atoms with E-state index in [9.17, 15) is 0 Å². The van der Waals surface area contributed by atoms with Gasteiger partial charge in [0.1, 0.15) is 0 Å². The fourth-order valence-corrected chi connectivity index (χ4v) is 4.96. The molecule has 2 unspecified atom stereocenters. The summed E-state index contributed by atoms with van der Waals surface area (Å²) in [5.74, 6) is 1.14. The van der Waals surface area contributed by atoms with Crippen molar-refractivity contribution in [1.82, 2.24) is 5.01 Å². The first-order valence-corrected chi connectivity index (χ1v) is 10.7. The monoisotopic (exact) mass is 360 g/mol. The van der Waals surface area contributed by atoms with E-state index >= 15 is 0 Å². The Hall–Kier alpha value is -2.09. The molecule has 0 bridgehead atoms. The molecule has 1 saturated carbocycles. The van der Waals surface area contributed by atoms with Crippen molar-refractivity contribution in [3.05, 3.63) is 71.3 Å². The molecule has 0 aromatic heterocycles. The molecule has 142 valence electrons. The summed E-state index contributed by atoms with van der Waals surface area (Å²) < 4.78 is 0. The molecule has 2 aromatic carbocycles. The lowest BCUT2D eigenvalue weighted by molar-refractivity contribution is 0.165. The average molecular weight is 361 g/mol. The van der Waals surface area contributed by atoms with Crippen molar-refractivity contribution in [3.8, 4) is 0 Å². The molecule has 2 heteroatoms. The van der Waals surface area contributed by atoms with Gasteiger partial charge >= 0.3 is 0 Å². The molecule has 2 aromatic rings. The molecule has 1 aliphatic heterocycles. The normalized spacial score (nSPS) is 23.5. The minimum absolute atomic E-state index is 0.320. The van der Waals surface area contributed by atoms with E-state index in [1.54, 1.807) is 0 Å². The van der Waals surface area contributed by atoms with Gasteiger partial charge in [-0.25, -0.2) is 0 Å². The van der Waals surface area contributed by atoms with E-state index < -0.39 is 0 Å². The van der Waals surface area contributed by atoms with Crippen LogP contribution in [-0.2, 0) is 6.42 Å². The summed E-state index contributed by atoms with van der Waals surface area (Å²) in [4.78, 5) is 0. The molecule has 2 atom stereocenters. The van der Waals surface area contributed by atoms with Gasteiger partial charge in [-0.2, -0.15) is 5.10 Å². The molecule has 2 aliphatic rings. The highest BCUT2D eigenvalue weighted by Gasteiger charge is 2.38. The van der Waals surface area contributed by atoms with Crippen LogP contribution in [0.4, 0.5) is 0 Å². The molecule has 4 rings (SSSR count). The number of aryl methyl sites for hydroxylation is 1. The van der Waals surface area contributed by atoms with E-state index in [-0.39, 0.29) is 0 Å². The summed E-state index contributed by atoms with van der Waals surface area (Å²) in [5.41, 5.74) is 5.47. The summed E-state index contributed by atoms with van der Waals surface area (Å²) in [5, 5.41) is 7.52. The van der Waals surface area contributed by atoms with E-state index in [1.807, 2.05) is 0 Å². The van der Waals surface area contributed by atoms with Gasteiger partial charge in [0.15, 0.2) is 0 Å². The minimum atomic E-state index is 0.320. The topological polar surface area (TPSA) is 15.6 Å². The summed E-state index contributed by atoms with van der Waals surface area (Å²) in [6, 6.07) is 20.5. The van der Waals surface area contributed by atoms with Crippen LogP contribution in [0, 0.1) is 5.92 Å². The first-order valence-electron chi connectivity index (χ1n) is 10.7. The third kappa shape index (κ3) is 3.95. The van der Waals surface area contributed by atoms with E-state index in [0.717, 1.165) is 18.9 Å². The van der Waals surface area contributed by atoms with Crippen LogP contribution in [0.3, 0.4) is 0 Å². The Morgan fingerprint density at radius 1 is 0.926 bits per heavy atom. The van der Waals surface area contributed by atoms with Crippen LogP contribution in [0.15, 0.2) is 59.7 Å². The number of benzene rings is 2. The van der Waals surface area contributed by atoms with Crippen LogP contribution >= 0.6 is 0 Å². The Morgan fingerprint density at radius 2 is 1.67 bits per heavy atom. The molecule has 0 saturated heterocycles. The maximum Gasteiger partial charge on any atom is 0.0841 e. The Bertz CT molecular complexity index is 774. The van der Waals surface area contributed by atoms with E-state index in [0.29, 0.717) is 12.0 Å². The number of hydrogen-bond donors (Lipinski definition) is 0. The van der Waals surface area contributed by atoms with Gasteiger partial charge in [0, 0.05) is 12.3 Å². The second kappa shape index (κ2) is 8.29. The molecular formula is C25H32N2. The minimum Gasteiger partial charge on any atom is -0.288 e. The van der Waals surface area contributed by atoms with Crippen molar-refractivity contribution < 1.29 is 0 Å². The zero-order chi connectivity index (χ0) is 18.6. The third-order valence-corrected chi connectivity index (χ3v) is 6.40. The third-order valence-electron chi connectivity index (χ3n) is 6.40. The van der Waals surface area contributed by atoms with Crippen molar-refractivity contribution in [1.29, 1.82) is 0 Å². The smallest absolute Gasteiger partial charge is 0.0841 e. The summed E-state index contributed by atoms with van der Waals surface area (Å²) in [7, 11) is 0. The predicted octanol–water partition coefficient (Wildman–Crippen LogP) is 6.35. The van der Waals surface area contributed by atoms with Gasteiger partial charge in [0.05, 0.1) is 12.0 Å². The molecule has 0 N–H and O–H groups in total. The van der Waals surface area contributed by atoms with Crippen molar-refractivity contribution in [2.45, 2.75) is 64.3 Å². The summed E-state index contributed by atoms with van der Waals surface area (Å²) >= 11 is 0. The van der Waals surface area contributed by atoms with Gasteiger partial charge in [-0.1, -0.05) is 80.8 Å². The Morgan fingerprint density at radius 3 is 2.41 bits per heavy atom. The standard InChI is InChI=1S/C25H32N2/c1-3-20-13-10-16-23(17-20)24-19(2)26-27(18-21-11-6-4-7-12-21)25(24)22-14-8-5-9-15-22/h5,8-10,13-17,21,24-25H,3-4,6-7,11-12,18H2,1-2H3. The van der Waals surface area contributed by atoms with Gasteiger partial charge in [-0.15, -0.1) is 0 Å². The van der Waals surface area contributed by atoms with Crippen LogP contribution < -0.4 is 0 Å². The van der Waals surface area contributed by atoms with Gasteiger partial charge in [-0.3, -0.25) is 5.01 Å². The second-order valence-electron chi connectivity index (χ2n) is 8.30.